The maximum Gasteiger partial charge on any atom is 0.421 e. The minimum atomic E-state index is -3.76. The molecule has 0 atom stereocenters. The molecule has 0 aliphatic carbocycles. The number of rotatable bonds is 3. The summed E-state index contributed by atoms with van der Waals surface area (Å²) in [5, 5.41) is 0. The van der Waals surface area contributed by atoms with Gasteiger partial charge in [-0.2, -0.15) is 12.7 Å². The summed E-state index contributed by atoms with van der Waals surface area (Å²) in [6.45, 7) is 1.33. The minimum Gasteiger partial charge on any atom is -0.452 e. The van der Waals surface area contributed by atoms with Crippen LogP contribution in [-0.4, -0.2) is 45.6 Å². The maximum absolute atomic E-state index is 11.6. The molecule has 0 radical (unpaired) electrons. The topological polar surface area (TPSA) is 102 Å². The zero-order valence-electron chi connectivity index (χ0n) is 9.18. The molecule has 0 bridgehead atoms. The Morgan fingerprint density at radius 3 is 2.50 bits per heavy atom. The van der Waals surface area contributed by atoms with Gasteiger partial charge < -0.3 is 10.5 Å². The highest BCUT2D eigenvalue weighted by molar-refractivity contribution is 7.87. The van der Waals surface area contributed by atoms with Crippen molar-refractivity contribution >= 4 is 16.3 Å². The first-order valence-corrected chi connectivity index (χ1v) is 6.49. The van der Waals surface area contributed by atoms with Crippen LogP contribution in [0.4, 0.5) is 4.79 Å². The molecule has 0 saturated carbocycles. The summed E-state index contributed by atoms with van der Waals surface area (Å²) in [5.74, 6) is 0.365. The van der Waals surface area contributed by atoms with E-state index >= 15 is 0 Å². The fraction of sp³-hybridized carbons (Fsp3) is 0.875. The third-order valence-electron chi connectivity index (χ3n) is 2.64. The molecule has 8 heteroatoms. The summed E-state index contributed by atoms with van der Waals surface area (Å²) in [7, 11) is -2.64. The van der Waals surface area contributed by atoms with Gasteiger partial charge in [0.05, 0.1) is 7.11 Å². The van der Waals surface area contributed by atoms with E-state index in [1.807, 2.05) is 4.72 Å². The predicted octanol–water partition coefficient (Wildman–Crippen LogP) is -0.742. The lowest BCUT2D eigenvalue weighted by Gasteiger charge is -2.30. The molecule has 1 amide bonds. The molecule has 1 heterocycles. The quantitative estimate of drug-likeness (QED) is 0.687. The van der Waals surface area contributed by atoms with Crippen LogP contribution in [0, 0.1) is 5.92 Å². The monoisotopic (exact) mass is 251 g/mol. The molecule has 0 aromatic heterocycles. The van der Waals surface area contributed by atoms with Gasteiger partial charge in [-0.15, -0.1) is 0 Å². The number of carbonyl (C=O) groups excluding carboxylic acids is 1. The van der Waals surface area contributed by atoms with E-state index in [2.05, 4.69) is 4.74 Å². The van der Waals surface area contributed by atoms with Gasteiger partial charge in [0.1, 0.15) is 0 Å². The van der Waals surface area contributed by atoms with Crippen molar-refractivity contribution in [1.82, 2.24) is 9.03 Å². The fourth-order valence-corrected chi connectivity index (χ4v) is 2.71. The summed E-state index contributed by atoms with van der Waals surface area (Å²) < 4.78 is 30.6. The first kappa shape index (κ1) is 13.2. The maximum atomic E-state index is 11.6. The van der Waals surface area contributed by atoms with Gasteiger partial charge in [-0.05, 0) is 25.3 Å². The number of methoxy groups -OCH3 is 1. The zero-order chi connectivity index (χ0) is 12.2. The second kappa shape index (κ2) is 5.46. The summed E-state index contributed by atoms with van der Waals surface area (Å²) >= 11 is 0. The second-order valence-electron chi connectivity index (χ2n) is 3.68. The number of nitrogens with zero attached hydrogens (tertiary/aromatic N) is 1. The molecule has 1 aliphatic rings. The Balaban J connectivity index is 2.55. The van der Waals surface area contributed by atoms with E-state index < -0.39 is 16.3 Å². The summed E-state index contributed by atoms with van der Waals surface area (Å²) in [5.41, 5.74) is 5.50. The van der Waals surface area contributed by atoms with Gasteiger partial charge in [0.15, 0.2) is 0 Å². The Hall–Kier alpha value is -0.860. The van der Waals surface area contributed by atoms with Gasteiger partial charge in [-0.1, -0.05) is 0 Å². The van der Waals surface area contributed by atoms with Crippen molar-refractivity contribution in [3.05, 3.63) is 0 Å². The number of hydrogen-bond donors (Lipinski definition) is 2. The number of nitrogens with two attached hydrogens (primary N) is 1. The van der Waals surface area contributed by atoms with Crippen molar-refractivity contribution in [1.29, 1.82) is 0 Å². The van der Waals surface area contributed by atoms with Crippen molar-refractivity contribution < 1.29 is 17.9 Å². The average Bonchev–Trinajstić information content (AvgIpc) is 2.28. The van der Waals surface area contributed by atoms with Crippen LogP contribution in [-0.2, 0) is 14.9 Å². The van der Waals surface area contributed by atoms with Gasteiger partial charge in [0, 0.05) is 13.1 Å². The van der Waals surface area contributed by atoms with Crippen LogP contribution in [0.5, 0.6) is 0 Å². The smallest absolute Gasteiger partial charge is 0.421 e. The molecule has 1 saturated heterocycles. The molecule has 7 nitrogen and oxygen atoms in total. The van der Waals surface area contributed by atoms with Crippen molar-refractivity contribution in [3.63, 3.8) is 0 Å². The van der Waals surface area contributed by atoms with Crippen molar-refractivity contribution in [2.24, 2.45) is 11.7 Å². The van der Waals surface area contributed by atoms with Crippen LogP contribution in [0.15, 0.2) is 0 Å². The fourth-order valence-electron chi connectivity index (χ4n) is 1.60. The molecular formula is C8H17N3O4S. The van der Waals surface area contributed by atoms with Crippen molar-refractivity contribution in [3.8, 4) is 0 Å². The Morgan fingerprint density at radius 2 is 2.06 bits per heavy atom. The van der Waals surface area contributed by atoms with E-state index in [-0.39, 0.29) is 0 Å². The van der Waals surface area contributed by atoms with Crippen LogP contribution in [0.3, 0.4) is 0 Å². The van der Waals surface area contributed by atoms with Crippen LogP contribution < -0.4 is 10.5 Å². The Labute approximate surface area is 95.1 Å². The van der Waals surface area contributed by atoms with E-state index in [0.29, 0.717) is 25.6 Å². The van der Waals surface area contributed by atoms with E-state index in [4.69, 9.17) is 5.73 Å². The number of carbonyl (C=O) groups is 1. The van der Waals surface area contributed by atoms with Gasteiger partial charge >= 0.3 is 16.3 Å². The highest BCUT2D eigenvalue weighted by Crippen LogP contribution is 2.17. The van der Waals surface area contributed by atoms with Gasteiger partial charge in [-0.25, -0.2) is 9.52 Å². The molecule has 1 fully saturated rings. The zero-order valence-corrected chi connectivity index (χ0v) is 10.00. The van der Waals surface area contributed by atoms with E-state index in [1.165, 1.54) is 4.31 Å². The SMILES string of the molecule is COC(=O)NS(=O)(=O)N1CCC(CN)CC1. The molecule has 3 N–H and O–H groups in total. The van der Waals surface area contributed by atoms with Crippen LogP contribution in [0.25, 0.3) is 0 Å². The Kier molecular flexibility index (Phi) is 4.51. The first-order chi connectivity index (χ1) is 7.49. The molecule has 94 valence electrons. The highest BCUT2D eigenvalue weighted by atomic mass is 32.2. The number of hydrogen-bond acceptors (Lipinski definition) is 5. The van der Waals surface area contributed by atoms with Crippen molar-refractivity contribution in [2.75, 3.05) is 26.7 Å². The lowest BCUT2D eigenvalue weighted by atomic mass is 9.99. The van der Waals surface area contributed by atoms with Crippen LogP contribution in [0.2, 0.25) is 0 Å². The summed E-state index contributed by atoms with van der Waals surface area (Å²) in [4.78, 5) is 10.8. The summed E-state index contributed by atoms with van der Waals surface area (Å²) in [6, 6.07) is 0. The van der Waals surface area contributed by atoms with Gasteiger partial charge in [0.25, 0.3) is 0 Å². The lowest BCUT2D eigenvalue weighted by Crippen LogP contribution is -2.47. The molecule has 16 heavy (non-hydrogen) atoms. The highest BCUT2D eigenvalue weighted by Gasteiger charge is 2.28. The largest absolute Gasteiger partial charge is 0.452 e. The molecule has 0 spiro atoms. The molecular weight excluding hydrogens is 234 g/mol. The van der Waals surface area contributed by atoms with E-state index in [0.717, 1.165) is 20.0 Å². The number of nitrogens with one attached hydrogen (secondary N) is 1. The third kappa shape index (κ3) is 3.32. The summed E-state index contributed by atoms with van der Waals surface area (Å²) in [6.07, 6.45) is 0.470. The standard InChI is InChI=1S/C8H17N3O4S/c1-15-8(12)10-16(13,14)11-4-2-7(6-9)3-5-11/h7H,2-6,9H2,1H3,(H,10,12). The minimum absolute atomic E-state index is 0.365. The van der Waals surface area contributed by atoms with Gasteiger partial charge in [0.2, 0.25) is 0 Å². The molecule has 1 aliphatic heterocycles. The number of amides is 1. The first-order valence-electron chi connectivity index (χ1n) is 5.05. The van der Waals surface area contributed by atoms with Gasteiger partial charge in [-0.3, -0.25) is 0 Å². The van der Waals surface area contributed by atoms with Crippen LogP contribution in [0.1, 0.15) is 12.8 Å². The Morgan fingerprint density at radius 1 is 1.50 bits per heavy atom. The number of ether oxygens (including phenoxy) is 1. The number of piperidine rings is 1. The van der Waals surface area contributed by atoms with Crippen molar-refractivity contribution in [2.45, 2.75) is 12.8 Å². The molecule has 0 aromatic carbocycles. The average molecular weight is 251 g/mol. The normalized spacial score (nSPS) is 19.4. The molecule has 0 unspecified atom stereocenters. The van der Waals surface area contributed by atoms with E-state index in [9.17, 15) is 13.2 Å². The third-order valence-corrected chi connectivity index (χ3v) is 4.11. The van der Waals surface area contributed by atoms with Crippen LogP contribution >= 0.6 is 0 Å². The molecule has 0 aromatic rings. The molecule has 1 rings (SSSR count). The predicted molar refractivity (Wildman–Crippen MR) is 57.8 cm³/mol. The van der Waals surface area contributed by atoms with E-state index in [1.54, 1.807) is 0 Å². The second-order valence-corrected chi connectivity index (χ2v) is 5.35. The Bertz CT molecular complexity index is 335. The lowest BCUT2D eigenvalue weighted by molar-refractivity contribution is 0.176.